The van der Waals surface area contributed by atoms with Crippen LogP contribution in [-0.2, 0) is 11.2 Å². The largest absolute Gasteiger partial charge is 0.349 e. The second-order valence-electron chi connectivity index (χ2n) is 6.99. The molecule has 8 nitrogen and oxygen atoms in total. The zero-order chi connectivity index (χ0) is 19.9. The first-order valence-corrected chi connectivity index (χ1v) is 9.62. The summed E-state index contributed by atoms with van der Waals surface area (Å²) in [7, 11) is 0. The number of rotatable bonds is 9. The van der Waals surface area contributed by atoms with Gasteiger partial charge in [-0.3, -0.25) is 9.89 Å². The van der Waals surface area contributed by atoms with Gasteiger partial charge in [-0.2, -0.15) is 10.1 Å². The maximum Gasteiger partial charge on any atom is 0.239 e. The van der Waals surface area contributed by atoms with Crippen LogP contribution in [0.5, 0.6) is 0 Å². The van der Waals surface area contributed by atoms with E-state index < -0.39 is 0 Å². The number of carbonyl (C=O) groups is 1. The van der Waals surface area contributed by atoms with Gasteiger partial charge in [0, 0.05) is 17.9 Å². The molecule has 0 aliphatic carbocycles. The van der Waals surface area contributed by atoms with E-state index in [1.54, 1.807) is 0 Å². The maximum atomic E-state index is 12.5. The van der Waals surface area contributed by atoms with E-state index in [1.165, 1.54) is 6.33 Å². The van der Waals surface area contributed by atoms with Crippen LogP contribution in [0.2, 0.25) is 5.02 Å². The number of aromatic amines is 1. The lowest BCUT2D eigenvalue weighted by molar-refractivity contribution is -0.122. The molecule has 0 spiro atoms. The third-order valence-electron chi connectivity index (χ3n) is 4.30. The minimum atomic E-state index is -0.0666. The van der Waals surface area contributed by atoms with Gasteiger partial charge in [-0.05, 0) is 36.5 Å². The number of nitrogens with one attached hydrogen (secondary N) is 2. The first-order valence-electron chi connectivity index (χ1n) is 9.24. The van der Waals surface area contributed by atoms with E-state index in [0.717, 1.165) is 18.4 Å². The van der Waals surface area contributed by atoms with Gasteiger partial charge in [0.25, 0.3) is 0 Å². The Bertz CT molecular complexity index is 876. The molecule has 0 saturated carbocycles. The molecule has 2 aromatic heterocycles. The average Bonchev–Trinajstić information content (AvgIpc) is 3.35. The Labute approximate surface area is 168 Å². The molecule has 9 heteroatoms. The Kier molecular flexibility index (Phi) is 6.76. The van der Waals surface area contributed by atoms with Crippen molar-refractivity contribution in [2.24, 2.45) is 5.92 Å². The predicted molar refractivity (Wildman–Crippen MR) is 104 cm³/mol. The van der Waals surface area contributed by atoms with Gasteiger partial charge >= 0.3 is 0 Å². The van der Waals surface area contributed by atoms with Crippen LogP contribution in [0.15, 0.2) is 35.1 Å². The predicted octanol–water partition coefficient (Wildman–Crippen LogP) is 3.73. The molecule has 1 aromatic carbocycles. The maximum absolute atomic E-state index is 12.5. The average molecular weight is 403 g/mol. The van der Waals surface area contributed by atoms with Crippen molar-refractivity contribution >= 4 is 17.5 Å². The summed E-state index contributed by atoms with van der Waals surface area (Å²) >= 11 is 5.98. The summed E-state index contributed by atoms with van der Waals surface area (Å²) in [5.74, 6) is 1.62. The number of hydrogen-bond acceptors (Lipinski definition) is 6. The molecule has 148 valence electrons. The van der Waals surface area contributed by atoms with Crippen molar-refractivity contribution in [3.63, 3.8) is 0 Å². The monoisotopic (exact) mass is 402 g/mol. The van der Waals surface area contributed by atoms with E-state index in [9.17, 15) is 4.79 Å². The van der Waals surface area contributed by atoms with E-state index in [-0.39, 0.29) is 18.4 Å². The Balaban J connectivity index is 1.57. The Morgan fingerprint density at radius 2 is 2.04 bits per heavy atom. The number of nitrogens with zero attached hydrogens (tertiary/aromatic N) is 4. The van der Waals surface area contributed by atoms with Crippen molar-refractivity contribution in [3.8, 4) is 11.6 Å². The molecular formula is C19H23ClN6O2. The van der Waals surface area contributed by atoms with Gasteiger partial charge in [-0.25, -0.2) is 4.98 Å². The van der Waals surface area contributed by atoms with Crippen LogP contribution < -0.4 is 5.32 Å². The molecule has 0 radical (unpaired) electrons. The van der Waals surface area contributed by atoms with Crippen molar-refractivity contribution in [2.45, 2.75) is 45.6 Å². The normalized spacial score (nSPS) is 12.3. The zero-order valence-corrected chi connectivity index (χ0v) is 16.6. The summed E-state index contributed by atoms with van der Waals surface area (Å²) in [6.45, 7) is 4.34. The molecule has 2 N–H and O–H groups in total. The minimum Gasteiger partial charge on any atom is -0.349 e. The molecule has 0 bridgehead atoms. The van der Waals surface area contributed by atoms with E-state index in [1.807, 2.05) is 24.3 Å². The van der Waals surface area contributed by atoms with E-state index >= 15 is 0 Å². The Hall–Kier alpha value is -2.74. The molecule has 0 aliphatic rings. The van der Waals surface area contributed by atoms with Gasteiger partial charge in [0.15, 0.2) is 5.82 Å². The summed E-state index contributed by atoms with van der Waals surface area (Å²) in [5.41, 5.74) is 1.05. The van der Waals surface area contributed by atoms with Crippen molar-refractivity contribution in [1.29, 1.82) is 0 Å². The summed E-state index contributed by atoms with van der Waals surface area (Å²) in [6, 6.07) is 7.54. The second-order valence-corrected chi connectivity index (χ2v) is 7.43. The second kappa shape index (κ2) is 9.45. The number of carbonyl (C=O) groups excluding carboxylic acids is 1. The number of hydrogen-bond donors (Lipinski definition) is 2. The lowest BCUT2D eigenvalue weighted by Gasteiger charge is -2.20. The van der Waals surface area contributed by atoms with Crippen LogP contribution in [0.4, 0.5) is 0 Å². The zero-order valence-electron chi connectivity index (χ0n) is 15.9. The minimum absolute atomic E-state index is 0.0559. The highest BCUT2D eigenvalue weighted by atomic mass is 35.5. The molecule has 1 unspecified atom stereocenters. The summed E-state index contributed by atoms with van der Waals surface area (Å²) in [5, 5.41) is 14.0. The van der Waals surface area contributed by atoms with Crippen molar-refractivity contribution < 1.29 is 9.32 Å². The first-order chi connectivity index (χ1) is 13.5. The SMILES string of the molecule is CC(C)CCC(NC(=O)CCc1nc(-c2ncn[nH]2)no1)c1ccc(Cl)cc1. The fraction of sp³-hybridized carbons (Fsp3) is 0.421. The Morgan fingerprint density at radius 3 is 2.71 bits per heavy atom. The highest BCUT2D eigenvalue weighted by Crippen LogP contribution is 2.23. The van der Waals surface area contributed by atoms with E-state index in [4.69, 9.17) is 16.1 Å². The summed E-state index contributed by atoms with van der Waals surface area (Å²) in [4.78, 5) is 20.7. The molecule has 2 heterocycles. The lowest BCUT2D eigenvalue weighted by atomic mass is 9.97. The number of aromatic nitrogens is 5. The number of amides is 1. The first kappa shape index (κ1) is 20.0. The van der Waals surface area contributed by atoms with Gasteiger partial charge in [-0.1, -0.05) is 42.7 Å². The van der Waals surface area contributed by atoms with E-state index in [2.05, 4.69) is 44.5 Å². The fourth-order valence-corrected chi connectivity index (χ4v) is 2.90. The quantitative estimate of drug-likeness (QED) is 0.564. The van der Waals surface area contributed by atoms with Gasteiger partial charge in [0.2, 0.25) is 17.6 Å². The molecule has 1 amide bonds. The Morgan fingerprint density at radius 1 is 1.25 bits per heavy atom. The van der Waals surface area contributed by atoms with Gasteiger partial charge < -0.3 is 9.84 Å². The van der Waals surface area contributed by atoms with Crippen molar-refractivity contribution in [1.82, 2.24) is 30.6 Å². The number of aryl methyl sites for hydroxylation is 1. The van der Waals surface area contributed by atoms with Crippen molar-refractivity contribution in [2.75, 3.05) is 0 Å². The third kappa shape index (κ3) is 5.63. The van der Waals surface area contributed by atoms with Crippen LogP contribution in [0.25, 0.3) is 11.6 Å². The molecule has 1 atom stereocenters. The van der Waals surface area contributed by atoms with Gasteiger partial charge in [0.05, 0.1) is 6.04 Å². The number of halogens is 1. The molecule has 3 aromatic rings. The van der Waals surface area contributed by atoms with Gasteiger partial charge in [0.1, 0.15) is 6.33 Å². The molecule has 28 heavy (non-hydrogen) atoms. The number of benzene rings is 1. The topological polar surface area (TPSA) is 110 Å². The van der Waals surface area contributed by atoms with Gasteiger partial charge in [-0.15, -0.1) is 0 Å². The third-order valence-corrected chi connectivity index (χ3v) is 4.55. The van der Waals surface area contributed by atoms with Crippen LogP contribution in [0.1, 0.15) is 50.6 Å². The van der Waals surface area contributed by atoms with Crippen molar-refractivity contribution in [3.05, 3.63) is 47.1 Å². The van der Waals surface area contributed by atoms with Crippen LogP contribution >= 0.6 is 11.6 Å². The number of H-pyrrole nitrogens is 1. The summed E-state index contributed by atoms with van der Waals surface area (Å²) in [6.07, 6.45) is 3.85. The van der Waals surface area contributed by atoms with Crippen LogP contribution in [0, 0.1) is 5.92 Å². The molecule has 0 aliphatic heterocycles. The molecule has 0 saturated heterocycles. The molecule has 3 rings (SSSR count). The lowest BCUT2D eigenvalue weighted by Crippen LogP contribution is -2.29. The van der Waals surface area contributed by atoms with Crippen LogP contribution in [0.3, 0.4) is 0 Å². The molecular weight excluding hydrogens is 380 g/mol. The molecule has 0 fully saturated rings. The van der Waals surface area contributed by atoms with E-state index in [0.29, 0.717) is 34.9 Å². The fourth-order valence-electron chi connectivity index (χ4n) is 2.77. The highest BCUT2D eigenvalue weighted by molar-refractivity contribution is 6.30. The van der Waals surface area contributed by atoms with Crippen LogP contribution in [-0.4, -0.2) is 31.2 Å². The standard InChI is InChI=1S/C19H23ClN6O2/c1-12(2)3-8-15(13-4-6-14(20)7-5-13)23-16(27)9-10-17-24-19(26-28-17)18-21-11-22-25-18/h4-7,11-12,15H,3,8-10H2,1-2H3,(H,23,27)(H,21,22,25). The smallest absolute Gasteiger partial charge is 0.239 e. The highest BCUT2D eigenvalue weighted by Gasteiger charge is 2.17. The summed E-state index contributed by atoms with van der Waals surface area (Å²) < 4.78 is 5.18.